The fourth-order valence-electron chi connectivity index (χ4n) is 2.83. The lowest BCUT2D eigenvalue weighted by Crippen LogP contribution is -2.24. The molecule has 6 heteroatoms. The molecular formula is C15H15BrClN3O. The second-order valence-corrected chi connectivity index (χ2v) is 6.25. The number of nitrogens with zero attached hydrogens (tertiary/aromatic N) is 3. The van der Waals surface area contributed by atoms with E-state index < -0.39 is 0 Å². The van der Waals surface area contributed by atoms with E-state index >= 15 is 0 Å². The molecule has 1 saturated heterocycles. The lowest BCUT2D eigenvalue weighted by atomic mass is 10.0. The fourth-order valence-corrected chi connectivity index (χ4v) is 3.42. The third-order valence-electron chi connectivity index (χ3n) is 3.72. The topological polar surface area (TPSA) is 38.2 Å². The molecule has 110 valence electrons. The highest BCUT2D eigenvalue weighted by Gasteiger charge is 2.30. The number of hydrogen-bond donors (Lipinski definition) is 0. The van der Waals surface area contributed by atoms with Crippen LogP contribution in [-0.4, -0.2) is 23.6 Å². The van der Waals surface area contributed by atoms with E-state index in [4.69, 9.17) is 16.3 Å². The minimum atomic E-state index is 0.213. The average Bonchev–Trinajstić information content (AvgIpc) is 2.96. The summed E-state index contributed by atoms with van der Waals surface area (Å²) in [5.74, 6) is 1.68. The molecule has 1 aromatic carbocycles. The van der Waals surface area contributed by atoms with Gasteiger partial charge >= 0.3 is 0 Å². The largest absolute Gasteiger partial charge is 0.496 e. The monoisotopic (exact) mass is 367 g/mol. The maximum atomic E-state index is 6.25. The van der Waals surface area contributed by atoms with E-state index in [0.717, 1.165) is 41.0 Å². The molecule has 1 unspecified atom stereocenters. The van der Waals surface area contributed by atoms with Crippen molar-refractivity contribution in [2.24, 2.45) is 0 Å². The Morgan fingerprint density at radius 1 is 1.43 bits per heavy atom. The number of rotatable bonds is 3. The van der Waals surface area contributed by atoms with E-state index in [1.807, 2.05) is 12.1 Å². The first-order valence-electron chi connectivity index (χ1n) is 6.76. The fraction of sp³-hybridized carbons (Fsp3) is 0.333. The van der Waals surface area contributed by atoms with Crippen LogP contribution in [0.1, 0.15) is 24.4 Å². The van der Waals surface area contributed by atoms with Gasteiger partial charge in [0, 0.05) is 16.6 Å². The first-order chi connectivity index (χ1) is 10.2. The Hall–Kier alpha value is -1.33. The molecule has 0 N–H and O–H groups in total. The molecule has 0 amide bonds. The van der Waals surface area contributed by atoms with Gasteiger partial charge in [-0.25, -0.2) is 9.97 Å². The SMILES string of the molecule is COc1ccc(Br)cc1C1CCCN1c1ncncc1Cl. The van der Waals surface area contributed by atoms with E-state index in [0.29, 0.717) is 5.02 Å². The van der Waals surface area contributed by atoms with Crippen molar-refractivity contribution in [2.75, 3.05) is 18.6 Å². The highest BCUT2D eigenvalue weighted by atomic mass is 79.9. The van der Waals surface area contributed by atoms with Crippen LogP contribution in [0.15, 0.2) is 35.2 Å². The van der Waals surface area contributed by atoms with Crippen LogP contribution in [0.25, 0.3) is 0 Å². The number of ether oxygens (including phenoxy) is 1. The van der Waals surface area contributed by atoms with Crippen molar-refractivity contribution in [1.82, 2.24) is 9.97 Å². The zero-order chi connectivity index (χ0) is 14.8. The van der Waals surface area contributed by atoms with Crippen LogP contribution in [0.5, 0.6) is 5.75 Å². The van der Waals surface area contributed by atoms with Gasteiger partial charge in [-0.15, -0.1) is 0 Å². The first-order valence-corrected chi connectivity index (χ1v) is 7.93. The van der Waals surface area contributed by atoms with Crippen LogP contribution in [0, 0.1) is 0 Å². The molecule has 0 saturated carbocycles. The van der Waals surface area contributed by atoms with Crippen molar-refractivity contribution < 1.29 is 4.74 Å². The van der Waals surface area contributed by atoms with Gasteiger partial charge in [-0.3, -0.25) is 0 Å². The van der Waals surface area contributed by atoms with Crippen LogP contribution >= 0.6 is 27.5 Å². The van der Waals surface area contributed by atoms with Gasteiger partial charge in [0.05, 0.1) is 19.3 Å². The Morgan fingerprint density at radius 3 is 3.05 bits per heavy atom. The second kappa shape index (κ2) is 6.20. The van der Waals surface area contributed by atoms with Crippen molar-refractivity contribution in [2.45, 2.75) is 18.9 Å². The summed E-state index contributed by atoms with van der Waals surface area (Å²) in [4.78, 5) is 10.5. The molecule has 1 fully saturated rings. The Morgan fingerprint density at radius 2 is 2.29 bits per heavy atom. The summed E-state index contributed by atoms with van der Waals surface area (Å²) < 4.78 is 6.55. The van der Waals surface area contributed by atoms with E-state index in [9.17, 15) is 0 Å². The predicted octanol–water partition coefficient (Wildman–Crippen LogP) is 4.24. The summed E-state index contributed by atoms with van der Waals surface area (Å²) in [7, 11) is 1.70. The molecule has 0 radical (unpaired) electrons. The smallest absolute Gasteiger partial charge is 0.151 e. The highest BCUT2D eigenvalue weighted by molar-refractivity contribution is 9.10. The summed E-state index contributed by atoms with van der Waals surface area (Å²) >= 11 is 9.79. The third kappa shape index (κ3) is 2.85. The van der Waals surface area contributed by atoms with Crippen LogP contribution < -0.4 is 9.64 Å². The quantitative estimate of drug-likeness (QED) is 0.812. The number of methoxy groups -OCH3 is 1. The summed E-state index contributed by atoms with van der Waals surface area (Å²) in [6.07, 6.45) is 5.32. The van der Waals surface area contributed by atoms with Gasteiger partial charge < -0.3 is 9.64 Å². The summed E-state index contributed by atoms with van der Waals surface area (Å²) in [5.41, 5.74) is 1.15. The van der Waals surface area contributed by atoms with E-state index in [1.165, 1.54) is 6.33 Å². The zero-order valence-electron chi connectivity index (χ0n) is 11.6. The minimum absolute atomic E-state index is 0.213. The Kier molecular flexibility index (Phi) is 4.31. The molecule has 0 aliphatic carbocycles. The van der Waals surface area contributed by atoms with Crippen molar-refractivity contribution in [1.29, 1.82) is 0 Å². The van der Waals surface area contributed by atoms with Crippen molar-refractivity contribution in [3.05, 3.63) is 45.8 Å². The van der Waals surface area contributed by atoms with Crippen molar-refractivity contribution >= 4 is 33.3 Å². The molecule has 2 aromatic rings. The van der Waals surface area contributed by atoms with Gasteiger partial charge in [0.25, 0.3) is 0 Å². The number of anilines is 1. The number of benzene rings is 1. The van der Waals surface area contributed by atoms with Crippen LogP contribution in [0.4, 0.5) is 5.82 Å². The molecule has 1 atom stereocenters. The molecule has 3 rings (SSSR count). The van der Waals surface area contributed by atoms with Crippen LogP contribution in [0.2, 0.25) is 5.02 Å². The molecule has 1 aliphatic rings. The average molecular weight is 369 g/mol. The van der Waals surface area contributed by atoms with Gasteiger partial charge in [0.2, 0.25) is 0 Å². The third-order valence-corrected chi connectivity index (χ3v) is 4.48. The Balaban J connectivity index is 2.02. The molecule has 21 heavy (non-hydrogen) atoms. The summed E-state index contributed by atoms with van der Waals surface area (Å²) in [6.45, 7) is 0.928. The van der Waals surface area contributed by atoms with E-state index in [1.54, 1.807) is 13.3 Å². The second-order valence-electron chi connectivity index (χ2n) is 4.93. The number of aromatic nitrogens is 2. The van der Waals surface area contributed by atoms with Crippen molar-refractivity contribution in [3.63, 3.8) is 0 Å². The molecule has 0 bridgehead atoms. The van der Waals surface area contributed by atoms with Gasteiger partial charge in [-0.05, 0) is 31.0 Å². The number of hydrogen-bond acceptors (Lipinski definition) is 4. The summed E-state index contributed by atoms with van der Waals surface area (Å²) in [5, 5.41) is 0.582. The molecular weight excluding hydrogens is 354 g/mol. The van der Waals surface area contributed by atoms with Gasteiger partial charge in [-0.2, -0.15) is 0 Å². The highest BCUT2D eigenvalue weighted by Crippen LogP contribution is 2.41. The molecule has 0 spiro atoms. The van der Waals surface area contributed by atoms with Crippen molar-refractivity contribution in [3.8, 4) is 5.75 Å². The molecule has 1 aliphatic heterocycles. The van der Waals surface area contributed by atoms with Gasteiger partial charge in [-0.1, -0.05) is 27.5 Å². The standard InChI is InChI=1S/C15H15BrClN3O/c1-21-14-5-4-10(16)7-11(14)13-3-2-6-20(13)15-12(17)8-18-9-19-15/h4-5,7-9,13H,2-3,6H2,1H3. The van der Waals surface area contributed by atoms with Gasteiger partial charge in [0.1, 0.15) is 17.1 Å². The number of halogens is 2. The van der Waals surface area contributed by atoms with E-state index in [-0.39, 0.29) is 6.04 Å². The first kappa shape index (κ1) is 14.6. The predicted molar refractivity (Wildman–Crippen MR) is 87.1 cm³/mol. The molecule has 2 heterocycles. The lowest BCUT2D eigenvalue weighted by Gasteiger charge is -2.27. The maximum absolute atomic E-state index is 6.25. The minimum Gasteiger partial charge on any atom is -0.496 e. The Bertz CT molecular complexity index is 653. The van der Waals surface area contributed by atoms with Crippen LogP contribution in [-0.2, 0) is 0 Å². The van der Waals surface area contributed by atoms with Crippen LogP contribution in [0.3, 0.4) is 0 Å². The lowest BCUT2D eigenvalue weighted by molar-refractivity contribution is 0.405. The maximum Gasteiger partial charge on any atom is 0.151 e. The zero-order valence-corrected chi connectivity index (χ0v) is 13.9. The molecule has 4 nitrogen and oxygen atoms in total. The normalized spacial score (nSPS) is 18.0. The van der Waals surface area contributed by atoms with Gasteiger partial charge in [0.15, 0.2) is 5.82 Å². The van der Waals surface area contributed by atoms with E-state index in [2.05, 4.69) is 36.9 Å². The Labute approximate surface area is 137 Å². The summed E-state index contributed by atoms with van der Waals surface area (Å²) in [6, 6.07) is 6.29. The molecule has 1 aromatic heterocycles.